The summed E-state index contributed by atoms with van der Waals surface area (Å²) in [6, 6.07) is 6.90. The number of hydrogen-bond acceptors (Lipinski definition) is 5. The predicted octanol–water partition coefficient (Wildman–Crippen LogP) is 3.71. The molecule has 2 saturated heterocycles. The van der Waals surface area contributed by atoms with Gasteiger partial charge in [0.05, 0.1) is 24.6 Å². The van der Waals surface area contributed by atoms with E-state index in [0.29, 0.717) is 30.8 Å². The maximum atomic E-state index is 13.2. The number of fused-ring (bicyclic) bond motifs is 1. The highest BCUT2D eigenvalue weighted by Gasteiger charge is 2.61. The Morgan fingerprint density at radius 2 is 1.97 bits per heavy atom. The van der Waals surface area contributed by atoms with Crippen LogP contribution in [-0.4, -0.2) is 61.6 Å². The zero-order valence-electron chi connectivity index (χ0n) is 19.4. The van der Waals surface area contributed by atoms with Crippen molar-refractivity contribution in [2.45, 2.75) is 45.1 Å². The van der Waals surface area contributed by atoms with Gasteiger partial charge in [-0.05, 0) is 56.3 Å². The molecule has 1 aromatic rings. The van der Waals surface area contributed by atoms with Crippen molar-refractivity contribution in [3.8, 4) is 0 Å². The van der Waals surface area contributed by atoms with Gasteiger partial charge in [0, 0.05) is 11.6 Å². The number of anilines is 1. The minimum Gasteiger partial charge on any atom is -0.477 e. The van der Waals surface area contributed by atoms with Crippen LogP contribution in [0.5, 0.6) is 0 Å². The molecule has 3 aliphatic rings. The molecule has 0 spiro atoms. The number of cyclic esters (lactones) is 1. The number of carboxylic acids is 1. The number of β-lactam (4-membered cyclic amide) rings is 1. The molecule has 9 heteroatoms. The predicted molar refractivity (Wildman–Crippen MR) is 126 cm³/mol. The van der Waals surface area contributed by atoms with Crippen molar-refractivity contribution in [3.05, 3.63) is 48.2 Å². The lowest BCUT2D eigenvalue weighted by atomic mass is 9.74. The van der Waals surface area contributed by atoms with Gasteiger partial charge < -0.3 is 19.2 Å². The summed E-state index contributed by atoms with van der Waals surface area (Å²) in [5.74, 6) is -1.93. The van der Waals surface area contributed by atoms with E-state index in [1.54, 1.807) is 18.2 Å². The van der Waals surface area contributed by atoms with Crippen LogP contribution < -0.4 is 4.90 Å². The minimum atomic E-state index is -1.89. The van der Waals surface area contributed by atoms with E-state index in [4.69, 9.17) is 9.16 Å². The molecule has 4 atom stereocenters. The summed E-state index contributed by atoms with van der Waals surface area (Å²) >= 11 is 0. The van der Waals surface area contributed by atoms with Gasteiger partial charge in [-0.3, -0.25) is 9.69 Å². The highest BCUT2D eigenvalue weighted by molar-refractivity contribution is 6.69. The Morgan fingerprint density at radius 1 is 1.30 bits per heavy atom. The van der Waals surface area contributed by atoms with Gasteiger partial charge in [0.1, 0.15) is 12.3 Å². The molecule has 8 nitrogen and oxygen atoms in total. The number of benzene rings is 1. The Labute approximate surface area is 194 Å². The molecule has 4 rings (SSSR count). The van der Waals surface area contributed by atoms with E-state index in [1.165, 1.54) is 9.80 Å². The van der Waals surface area contributed by atoms with Crippen molar-refractivity contribution in [3.63, 3.8) is 0 Å². The van der Waals surface area contributed by atoms with Crippen molar-refractivity contribution >= 4 is 37.5 Å². The van der Waals surface area contributed by atoms with Gasteiger partial charge in [-0.2, -0.15) is 0 Å². The van der Waals surface area contributed by atoms with E-state index in [1.807, 2.05) is 19.1 Å². The number of aliphatic carboxylic acids is 1. The van der Waals surface area contributed by atoms with Gasteiger partial charge in [-0.25, -0.2) is 9.59 Å². The SMILES string of the molecule is C=CCC1C(c2ccc(N3CCOC3=O)cc2)=C(C(=O)O)N2C(=O)[C@H]([C@@H](C)O[Si](C)(C)C)[C@@H]12. The number of carbonyl (C=O) groups excluding carboxylic acids is 2. The van der Waals surface area contributed by atoms with Crippen LogP contribution in [0, 0.1) is 11.8 Å². The zero-order chi connectivity index (χ0) is 24.1. The fourth-order valence-electron chi connectivity index (χ4n) is 5.26. The normalized spacial score (nSPS) is 25.6. The number of carboxylic acid groups (broad SMARTS) is 1. The number of rotatable bonds is 8. The molecule has 176 valence electrons. The first-order valence-corrected chi connectivity index (χ1v) is 14.6. The van der Waals surface area contributed by atoms with Crippen molar-refractivity contribution in [2.75, 3.05) is 18.1 Å². The number of allylic oxidation sites excluding steroid dienone is 1. The molecule has 0 bridgehead atoms. The molecular formula is C24H30N2O6Si. The molecule has 0 aromatic heterocycles. The fourth-order valence-corrected chi connectivity index (χ4v) is 6.52. The summed E-state index contributed by atoms with van der Waals surface area (Å²) in [6.07, 6.45) is 1.62. The lowest BCUT2D eigenvalue weighted by molar-refractivity contribution is -0.162. The topological polar surface area (TPSA) is 96.4 Å². The standard InChI is InChI=1S/C24H30N2O6Si/c1-6-7-17-19(15-8-10-16(11-9-15)25-12-13-31-24(25)30)21(23(28)29)26-20(17)18(22(26)27)14(2)32-33(3,4)5/h6,8-11,14,17-18,20H,1,7,12-13H2,2-5H3,(H,28,29)/t14-,17?,18-,20-/m1/s1. The Kier molecular flexibility index (Phi) is 5.96. The number of amides is 2. The minimum absolute atomic E-state index is 0.0293. The molecule has 1 aromatic carbocycles. The second-order valence-corrected chi connectivity index (χ2v) is 14.1. The van der Waals surface area contributed by atoms with E-state index in [9.17, 15) is 19.5 Å². The van der Waals surface area contributed by atoms with Crippen LogP contribution in [-0.2, 0) is 18.8 Å². The van der Waals surface area contributed by atoms with Crippen LogP contribution in [0.4, 0.5) is 10.5 Å². The van der Waals surface area contributed by atoms with Crippen molar-refractivity contribution in [1.29, 1.82) is 0 Å². The maximum Gasteiger partial charge on any atom is 0.414 e. The van der Waals surface area contributed by atoms with Gasteiger partial charge in [-0.15, -0.1) is 6.58 Å². The second-order valence-electron chi connectivity index (χ2n) is 9.67. The van der Waals surface area contributed by atoms with Crippen molar-refractivity contribution < 1.29 is 28.7 Å². The summed E-state index contributed by atoms with van der Waals surface area (Å²) in [7, 11) is -1.89. The molecule has 3 aliphatic heterocycles. The Morgan fingerprint density at radius 3 is 2.48 bits per heavy atom. The third kappa shape index (κ3) is 4.00. The lowest BCUT2D eigenvalue weighted by Crippen LogP contribution is -2.64. The Hall–Kier alpha value is -2.91. The molecule has 1 N–H and O–H groups in total. The largest absolute Gasteiger partial charge is 0.477 e. The average molecular weight is 471 g/mol. The molecule has 3 heterocycles. The number of carbonyl (C=O) groups is 3. The molecule has 0 radical (unpaired) electrons. The number of nitrogens with zero attached hydrogens (tertiary/aromatic N) is 2. The van der Waals surface area contributed by atoms with Crippen LogP contribution in [0.2, 0.25) is 19.6 Å². The molecule has 0 aliphatic carbocycles. The van der Waals surface area contributed by atoms with Crippen LogP contribution in [0.15, 0.2) is 42.6 Å². The zero-order valence-corrected chi connectivity index (χ0v) is 20.4. The first kappa shape index (κ1) is 23.3. The Bertz CT molecular complexity index is 1030. The molecule has 2 amide bonds. The van der Waals surface area contributed by atoms with Crippen molar-refractivity contribution in [2.24, 2.45) is 11.8 Å². The summed E-state index contributed by atoms with van der Waals surface area (Å²) in [6.45, 7) is 12.8. The monoisotopic (exact) mass is 470 g/mol. The molecule has 33 heavy (non-hydrogen) atoms. The third-order valence-electron chi connectivity index (χ3n) is 6.39. The first-order chi connectivity index (χ1) is 15.5. The van der Waals surface area contributed by atoms with Crippen LogP contribution >= 0.6 is 0 Å². The average Bonchev–Trinajstić information content (AvgIpc) is 3.26. The number of hydrogen-bond donors (Lipinski definition) is 1. The van der Waals surface area contributed by atoms with Crippen LogP contribution in [0.25, 0.3) is 5.57 Å². The summed E-state index contributed by atoms with van der Waals surface area (Å²) in [5.41, 5.74) is 2.06. The van der Waals surface area contributed by atoms with Crippen LogP contribution in [0.1, 0.15) is 18.9 Å². The molecule has 0 saturated carbocycles. The highest BCUT2D eigenvalue weighted by Crippen LogP contribution is 2.52. The van der Waals surface area contributed by atoms with Crippen LogP contribution in [0.3, 0.4) is 0 Å². The first-order valence-electron chi connectivity index (χ1n) is 11.2. The number of ether oxygens (including phenoxy) is 1. The smallest absolute Gasteiger partial charge is 0.414 e. The summed E-state index contributed by atoms with van der Waals surface area (Å²) < 4.78 is 11.2. The van der Waals surface area contributed by atoms with Gasteiger partial charge in [0.2, 0.25) is 5.91 Å². The van der Waals surface area contributed by atoms with E-state index in [2.05, 4.69) is 26.2 Å². The van der Waals surface area contributed by atoms with Gasteiger partial charge in [-0.1, -0.05) is 18.2 Å². The van der Waals surface area contributed by atoms with E-state index < -0.39 is 26.3 Å². The molecule has 2 fully saturated rings. The lowest BCUT2D eigenvalue weighted by Gasteiger charge is -2.49. The fraction of sp³-hybridized carbons (Fsp3) is 0.458. The maximum absolute atomic E-state index is 13.2. The quantitative estimate of drug-likeness (QED) is 0.353. The summed E-state index contributed by atoms with van der Waals surface area (Å²) in [4.78, 5) is 40.3. The molecule has 1 unspecified atom stereocenters. The highest BCUT2D eigenvalue weighted by atomic mass is 28.4. The summed E-state index contributed by atoms with van der Waals surface area (Å²) in [5, 5.41) is 10.1. The van der Waals surface area contributed by atoms with Crippen molar-refractivity contribution in [1.82, 2.24) is 4.90 Å². The third-order valence-corrected chi connectivity index (χ3v) is 7.47. The molecular weight excluding hydrogens is 440 g/mol. The van der Waals surface area contributed by atoms with Gasteiger partial charge in [0.15, 0.2) is 8.32 Å². The van der Waals surface area contributed by atoms with Gasteiger partial charge >= 0.3 is 12.1 Å². The Balaban J connectivity index is 1.71. The van der Waals surface area contributed by atoms with E-state index in [-0.39, 0.29) is 29.7 Å². The second kappa shape index (κ2) is 8.46. The van der Waals surface area contributed by atoms with Gasteiger partial charge in [0.25, 0.3) is 0 Å². The van der Waals surface area contributed by atoms with E-state index in [0.717, 1.165) is 5.56 Å². The van der Waals surface area contributed by atoms with E-state index >= 15 is 0 Å².